The summed E-state index contributed by atoms with van der Waals surface area (Å²) < 4.78 is 1.98. The molecule has 0 spiro atoms. The number of benzene rings is 1. The van der Waals surface area contributed by atoms with Gasteiger partial charge >= 0.3 is 0 Å². The number of nitrogens with one attached hydrogen (secondary N) is 2. The van der Waals surface area contributed by atoms with Gasteiger partial charge < -0.3 is 9.88 Å². The number of H-pyrrole nitrogens is 1. The summed E-state index contributed by atoms with van der Waals surface area (Å²) >= 11 is 0. The monoisotopic (exact) mass is 349 g/mol. The Morgan fingerprint density at radius 3 is 2.88 bits per heavy atom. The van der Waals surface area contributed by atoms with Gasteiger partial charge in [0.25, 0.3) is 5.91 Å². The molecule has 1 amide bonds. The summed E-state index contributed by atoms with van der Waals surface area (Å²) in [6.07, 6.45) is 3.03. The first-order valence-electron chi connectivity index (χ1n) is 8.95. The molecule has 2 N–H and O–H groups in total. The second kappa shape index (κ2) is 7.17. The molecule has 0 bridgehead atoms. The Bertz CT molecular complexity index is 910. The van der Waals surface area contributed by atoms with Crippen LogP contribution < -0.4 is 5.32 Å². The summed E-state index contributed by atoms with van der Waals surface area (Å²) in [6.45, 7) is 3.46. The zero-order chi connectivity index (χ0) is 17.9. The Morgan fingerprint density at radius 2 is 2.08 bits per heavy atom. The Labute approximate surface area is 152 Å². The van der Waals surface area contributed by atoms with Crippen LogP contribution in [0.1, 0.15) is 21.6 Å². The van der Waals surface area contributed by atoms with Crippen molar-refractivity contribution in [3.8, 4) is 11.4 Å². The lowest BCUT2D eigenvalue weighted by atomic mass is 10.00. The molecule has 0 saturated heterocycles. The molecule has 4 rings (SSSR count). The maximum absolute atomic E-state index is 12.3. The zero-order valence-corrected chi connectivity index (χ0v) is 14.9. The van der Waals surface area contributed by atoms with E-state index >= 15 is 0 Å². The lowest BCUT2D eigenvalue weighted by molar-refractivity contribution is 0.0942. The molecule has 134 valence electrons. The highest BCUT2D eigenvalue weighted by Gasteiger charge is 2.16. The lowest BCUT2D eigenvalue weighted by Crippen LogP contribution is -2.37. The predicted octanol–water partition coefficient (Wildman–Crippen LogP) is 2.20. The number of nitrogens with zero attached hydrogens (tertiary/aromatic N) is 3. The molecule has 1 aliphatic heterocycles. The van der Waals surface area contributed by atoms with Crippen molar-refractivity contribution in [2.45, 2.75) is 13.0 Å². The van der Waals surface area contributed by atoms with Gasteiger partial charge in [0, 0.05) is 39.4 Å². The molecule has 1 aliphatic rings. The molecule has 3 aromatic rings. The van der Waals surface area contributed by atoms with Crippen LogP contribution in [0.25, 0.3) is 11.4 Å². The maximum atomic E-state index is 12.3. The third-order valence-electron chi connectivity index (χ3n) is 4.95. The molecule has 0 radical (unpaired) electrons. The second-order valence-electron chi connectivity index (χ2n) is 6.72. The van der Waals surface area contributed by atoms with Gasteiger partial charge in [-0.3, -0.25) is 14.8 Å². The minimum absolute atomic E-state index is 0.115. The van der Waals surface area contributed by atoms with Crippen molar-refractivity contribution >= 4 is 5.91 Å². The van der Waals surface area contributed by atoms with Gasteiger partial charge in [0.2, 0.25) is 0 Å². The number of hydrogen-bond acceptors (Lipinski definition) is 3. The van der Waals surface area contributed by atoms with Gasteiger partial charge in [-0.2, -0.15) is 5.10 Å². The quantitative estimate of drug-likeness (QED) is 0.742. The van der Waals surface area contributed by atoms with Gasteiger partial charge in [-0.05, 0) is 35.7 Å². The fraction of sp³-hybridized carbons (Fsp3) is 0.300. The highest BCUT2D eigenvalue weighted by atomic mass is 16.1. The number of aryl methyl sites for hydroxylation is 1. The highest BCUT2D eigenvalue weighted by molar-refractivity contribution is 5.93. The summed E-state index contributed by atoms with van der Waals surface area (Å²) in [4.78, 5) is 14.7. The first kappa shape index (κ1) is 16.6. The Kier molecular flexibility index (Phi) is 4.58. The fourth-order valence-corrected chi connectivity index (χ4v) is 3.46. The second-order valence-corrected chi connectivity index (χ2v) is 6.72. The number of rotatable bonds is 5. The van der Waals surface area contributed by atoms with E-state index in [1.165, 1.54) is 11.1 Å². The number of amides is 1. The summed E-state index contributed by atoms with van der Waals surface area (Å²) in [6, 6.07) is 14.3. The van der Waals surface area contributed by atoms with E-state index in [0.29, 0.717) is 12.2 Å². The number of hydrogen-bond donors (Lipinski definition) is 2. The van der Waals surface area contributed by atoms with Crippen LogP contribution in [0.4, 0.5) is 0 Å². The minimum atomic E-state index is -0.115. The van der Waals surface area contributed by atoms with Crippen LogP contribution in [0.5, 0.6) is 0 Å². The third kappa shape index (κ3) is 3.41. The van der Waals surface area contributed by atoms with Crippen molar-refractivity contribution < 1.29 is 4.79 Å². The van der Waals surface area contributed by atoms with Crippen LogP contribution in [0.2, 0.25) is 0 Å². The molecule has 0 fully saturated rings. The van der Waals surface area contributed by atoms with Crippen LogP contribution in [0.15, 0.2) is 48.7 Å². The van der Waals surface area contributed by atoms with E-state index in [-0.39, 0.29) is 5.91 Å². The normalized spacial score (nSPS) is 14.2. The van der Waals surface area contributed by atoms with Crippen molar-refractivity contribution in [2.24, 2.45) is 7.05 Å². The molecule has 1 aromatic carbocycles. The van der Waals surface area contributed by atoms with Gasteiger partial charge in [0.15, 0.2) is 0 Å². The van der Waals surface area contributed by atoms with Crippen molar-refractivity contribution in [1.82, 2.24) is 25.0 Å². The number of carbonyl (C=O) groups is 1. The van der Waals surface area contributed by atoms with E-state index in [9.17, 15) is 4.79 Å². The molecule has 0 saturated carbocycles. The molecule has 0 aliphatic carbocycles. The summed E-state index contributed by atoms with van der Waals surface area (Å²) in [5.74, 6) is -0.115. The van der Waals surface area contributed by atoms with E-state index in [4.69, 9.17) is 0 Å². The van der Waals surface area contributed by atoms with Gasteiger partial charge in [0.1, 0.15) is 11.4 Å². The molecule has 6 nitrogen and oxygen atoms in total. The molecule has 0 atom stereocenters. The van der Waals surface area contributed by atoms with E-state index in [1.807, 2.05) is 29.9 Å². The van der Waals surface area contributed by atoms with Crippen LogP contribution in [0.3, 0.4) is 0 Å². The van der Waals surface area contributed by atoms with Crippen LogP contribution in [0, 0.1) is 0 Å². The van der Waals surface area contributed by atoms with Crippen molar-refractivity contribution in [1.29, 1.82) is 0 Å². The van der Waals surface area contributed by atoms with Crippen LogP contribution in [-0.4, -0.2) is 45.2 Å². The Hall–Kier alpha value is -2.86. The Balaban J connectivity index is 1.30. The maximum Gasteiger partial charge on any atom is 0.269 e. The molecular formula is C20H23N5O. The van der Waals surface area contributed by atoms with E-state index in [0.717, 1.165) is 37.4 Å². The van der Waals surface area contributed by atoms with Gasteiger partial charge in [-0.1, -0.05) is 24.3 Å². The molecule has 3 heterocycles. The number of aromatic amines is 1. The number of aromatic nitrogens is 3. The molecule has 26 heavy (non-hydrogen) atoms. The molecular weight excluding hydrogens is 326 g/mol. The van der Waals surface area contributed by atoms with E-state index in [2.05, 4.69) is 44.7 Å². The minimum Gasteiger partial charge on any atom is -0.349 e. The SMILES string of the molecule is Cn1cccc1-c1cc(C(=O)NCCN2CCc3ccccc3C2)[nH]n1. The van der Waals surface area contributed by atoms with Crippen molar-refractivity contribution in [3.63, 3.8) is 0 Å². The largest absolute Gasteiger partial charge is 0.349 e. The van der Waals surface area contributed by atoms with E-state index < -0.39 is 0 Å². The highest BCUT2D eigenvalue weighted by Crippen LogP contribution is 2.18. The first-order valence-corrected chi connectivity index (χ1v) is 8.95. The topological polar surface area (TPSA) is 66.0 Å². The van der Waals surface area contributed by atoms with Crippen molar-refractivity contribution in [2.75, 3.05) is 19.6 Å². The third-order valence-corrected chi connectivity index (χ3v) is 4.95. The molecule has 0 unspecified atom stereocenters. The van der Waals surface area contributed by atoms with Gasteiger partial charge in [0.05, 0.1) is 5.69 Å². The zero-order valence-electron chi connectivity index (χ0n) is 14.9. The van der Waals surface area contributed by atoms with Crippen LogP contribution >= 0.6 is 0 Å². The fourth-order valence-electron chi connectivity index (χ4n) is 3.46. The van der Waals surface area contributed by atoms with E-state index in [1.54, 1.807) is 6.07 Å². The summed E-state index contributed by atoms with van der Waals surface area (Å²) in [5.41, 5.74) is 5.08. The number of fused-ring (bicyclic) bond motifs is 1. The van der Waals surface area contributed by atoms with Gasteiger partial charge in [-0.25, -0.2) is 0 Å². The van der Waals surface area contributed by atoms with Gasteiger partial charge in [-0.15, -0.1) is 0 Å². The summed E-state index contributed by atoms with van der Waals surface area (Å²) in [5, 5.41) is 10.1. The molecule has 2 aromatic heterocycles. The smallest absolute Gasteiger partial charge is 0.269 e. The Morgan fingerprint density at radius 1 is 1.23 bits per heavy atom. The van der Waals surface area contributed by atoms with Crippen molar-refractivity contribution in [3.05, 3.63) is 65.5 Å². The average Bonchev–Trinajstić information content (AvgIpc) is 3.30. The predicted molar refractivity (Wildman–Crippen MR) is 101 cm³/mol. The first-order chi connectivity index (χ1) is 12.7. The standard InChI is InChI=1S/C20H23N5O/c1-24-10-4-7-19(24)17-13-18(23-22-17)20(26)21-9-12-25-11-8-15-5-2-3-6-16(15)14-25/h2-7,10,13H,8-9,11-12,14H2,1H3,(H,21,26)(H,22,23). The lowest BCUT2D eigenvalue weighted by Gasteiger charge is -2.28. The van der Waals surface area contributed by atoms with Crippen LogP contribution in [-0.2, 0) is 20.0 Å². The number of carbonyl (C=O) groups excluding carboxylic acids is 1. The average molecular weight is 349 g/mol. The summed E-state index contributed by atoms with van der Waals surface area (Å²) in [7, 11) is 1.96. The molecule has 6 heteroatoms.